The maximum Gasteiger partial charge on any atom is 0.213 e. The van der Waals surface area contributed by atoms with Crippen LogP contribution < -0.4 is 4.74 Å². The molecular weight excluding hydrogens is 278 g/mol. The Balaban J connectivity index is 2.45. The third kappa shape index (κ3) is 5.07. The van der Waals surface area contributed by atoms with Crippen LogP contribution in [0.2, 0.25) is 0 Å². The van der Waals surface area contributed by atoms with Gasteiger partial charge in [-0.1, -0.05) is 33.1 Å². The van der Waals surface area contributed by atoms with Crippen LogP contribution in [0.3, 0.4) is 0 Å². The van der Waals surface area contributed by atoms with Crippen LogP contribution in [0, 0.1) is 12.8 Å². The van der Waals surface area contributed by atoms with E-state index in [1.165, 1.54) is 25.7 Å². The number of nitrogens with zero attached hydrogens (tertiary/aromatic N) is 1. The van der Waals surface area contributed by atoms with Gasteiger partial charge in [0.2, 0.25) is 5.88 Å². The molecule has 1 rings (SSSR count). The molecule has 0 aliphatic rings. The molecule has 1 aromatic rings. The molecule has 0 saturated carbocycles. The number of aryl methyl sites for hydroxylation is 1. The van der Waals surface area contributed by atoms with E-state index >= 15 is 0 Å². The number of hydrogen-bond acceptors (Lipinski definition) is 2. The second kappa shape index (κ2) is 7.70. The van der Waals surface area contributed by atoms with Crippen LogP contribution in [-0.2, 0) is 0 Å². The van der Waals surface area contributed by atoms with E-state index in [1.807, 2.05) is 19.1 Å². The van der Waals surface area contributed by atoms with E-state index in [1.54, 1.807) is 0 Å². The Labute approximate surface area is 113 Å². The van der Waals surface area contributed by atoms with E-state index < -0.39 is 0 Å². The van der Waals surface area contributed by atoms with Gasteiger partial charge >= 0.3 is 0 Å². The lowest BCUT2D eigenvalue weighted by molar-refractivity contribution is 0.225. The molecule has 3 heteroatoms. The third-order valence-electron chi connectivity index (χ3n) is 3.01. The second-order valence-corrected chi connectivity index (χ2v) is 5.30. The van der Waals surface area contributed by atoms with Crippen molar-refractivity contribution in [2.24, 2.45) is 5.92 Å². The number of unbranched alkanes of at least 4 members (excludes halogenated alkanes) is 1. The third-order valence-corrected chi connectivity index (χ3v) is 3.84. The van der Waals surface area contributed by atoms with Gasteiger partial charge in [0, 0.05) is 10.5 Å². The minimum absolute atomic E-state index is 0.653. The number of aromatic nitrogens is 1. The molecule has 0 saturated heterocycles. The van der Waals surface area contributed by atoms with E-state index in [9.17, 15) is 0 Å². The Morgan fingerprint density at radius 1 is 1.35 bits per heavy atom. The molecule has 2 nitrogen and oxygen atoms in total. The molecular formula is C14H22BrNO. The summed E-state index contributed by atoms with van der Waals surface area (Å²) in [5.41, 5.74) is 0.976. The Morgan fingerprint density at radius 2 is 2.12 bits per heavy atom. The minimum atomic E-state index is 0.653. The number of ether oxygens (including phenoxy) is 1. The van der Waals surface area contributed by atoms with Crippen LogP contribution in [0.4, 0.5) is 0 Å². The first-order valence-electron chi connectivity index (χ1n) is 6.43. The topological polar surface area (TPSA) is 22.1 Å². The number of halogens is 1. The van der Waals surface area contributed by atoms with Crippen molar-refractivity contribution < 1.29 is 4.74 Å². The average Bonchev–Trinajstić information content (AvgIpc) is 2.34. The summed E-state index contributed by atoms with van der Waals surface area (Å²) in [7, 11) is 0. The standard InChI is InChI=1S/C14H22BrNO/c1-4-6-7-12(5-2)10-17-14-9-8-13(15)11(3)16-14/h8-9,12H,4-7,10H2,1-3H3. The van der Waals surface area contributed by atoms with Crippen molar-refractivity contribution in [1.29, 1.82) is 0 Å². The predicted octanol–water partition coefficient (Wildman–Crippen LogP) is 4.75. The van der Waals surface area contributed by atoms with Gasteiger partial charge in [0.05, 0.1) is 12.3 Å². The quantitative estimate of drug-likeness (QED) is 0.725. The monoisotopic (exact) mass is 299 g/mol. The van der Waals surface area contributed by atoms with Gasteiger partial charge in [-0.05, 0) is 41.3 Å². The maximum atomic E-state index is 5.76. The molecule has 0 N–H and O–H groups in total. The normalized spacial score (nSPS) is 12.5. The molecule has 1 atom stereocenters. The highest BCUT2D eigenvalue weighted by Gasteiger charge is 2.07. The second-order valence-electron chi connectivity index (χ2n) is 4.44. The van der Waals surface area contributed by atoms with E-state index in [-0.39, 0.29) is 0 Å². The number of hydrogen-bond donors (Lipinski definition) is 0. The molecule has 1 heterocycles. The van der Waals surface area contributed by atoms with Crippen molar-refractivity contribution in [1.82, 2.24) is 4.98 Å². The Morgan fingerprint density at radius 3 is 2.71 bits per heavy atom. The van der Waals surface area contributed by atoms with Crippen molar-refractivity contribution in [3.8, 4) is 5.88 Å². The zero-order valence-corrected chi connectivity index (χ0v) is 12.6. The summed E-state index contributed by atoms with van der Waals surface area (Å²) in [4.78, 5) is 4.39. The fourth-order valence-corrected chi connectivity index (χ4v) is 1.92. The molecule has 17 heavy (non-hydrogen) atoms. The Hall–Kier alpha value is -0.570. The maximum absolute atomic E-state index is 5.76. The predicted molar refractivity (Wildman–Crippen MR) is 75.5 cm³/mol. The summed E-state index contributed by atoms with van der Waals surface area (Å²) < 4.78 is 6.79. The highest BCUT2D eigenvalue weighted by molar-refractivity contribution is 9.10. The molecule has 1 aromatic heterocycles. The van der Waals surface area contributed by atoms with Crippen molar-refractivity contribution in [2.75, 3.05) is 6.61 Å². The molecule has 0 aliphatic carbocycles. The van der Waals surface area contributed by atoms with Gasteiger partial charge in [0.25, 0.3) is 0 Å². The molecule has 0 aliphatic heterocycles. The fourth-order valence-electron chi connectivity index (χ4n) is 1.70. The van der Waals surface area contributed by atoms with Gasteiger partial charge in [-0.2, -0.15) is 0 Å². The van der Waals surface area contributed by atoms with Gasteiger partial charge in [-0.25, -0.2) is 4.98 Å². The molecule has 0 radical (unpaired) electrons. The van der Waals surface area contributed by atoms with Crippen molar-refractivity contribution in [3.05, 3.63) is 22.3 Å². The van der Waals surface area contributed by atoms with Gasteiger partial charge in [-0.3, -0.25) is 0 Å². The van der Waals surface area contributed by atoms with Gasteiger partial charge in [0.1, 0.15) is 0 Å². The highest BCUT2D eigenvalue weighted by Crippen LogP contribution is 2.19. The van der Waals surface area contributed by atoms with E-state index in [4.69, 9.17) is 4.74 Å². The average molecular weight is 300 g/mol. The molecule has 0 aromatic carbocycles. The van der Waals surface area contributed by atoms with Crippen molar-refractivity contribution in [2.45, 2.75) is 46.5 Å². The summed E-state index contributed by atoms with van der Waals surface area (Å²) in [6.07, 6.45) is 4.97. The Kier molecular flexibility index (Phi) is 6.56. The smallest absolute Gasteiger partial charge is 0.213 e. The van der Waals surface area contributed by atoms with Gasteiger partial charge in [-0.15, -0.1) is 0 Å². The first-order chi connectivity index (χ1) is 8.17. The lowest BCUT2D eigenvalue weighted by atomic mass is 10.0. The summed E-state index contributed by atoms with van der Waals surface area (Å²) >= 11 is 3.44. The lowest BCUT2D eigenvalue weighted by Crippen LogP contribution is -2.12. The fraction of sp³-hybridized carbons (Fsp3) is 0.643. The summed E-state index contributed by atoms with van der Waals surface area (Å²) in [6.45, 7) is 7.22. The van der Waals surface area contributed by atoms with Crippen LogP contribution in [0.15, 0.2) is 16.6 Å². The van der Waals surface area contributed by atoms with Crippen LogP contribution in [0.25, 0.3) is 0 Å². The zero-order valence-electron chi connectivity index (χ0n) is 11.0. The van der Waals surface area contributed by atoms with E-state index in [0.717, 1.165) is 22.7 Å². The SMILES string of the molecule is CCCCC(CC)COc1ccc(Br)c(C)n1. The molecule has 96 valence electrons. The summed E-state index contributed by atoms with van der Waals surface area (Å²) in [6, 6.07) is 3.91. The molecule has 0 spiro atoms. The zero-order chi connectivity index (χ0) is 12.7. The Bertz CT molecular complexity index is 341. The van der Waals surface area contributed by atoms with Crippen LogP contribution in [0.5, 0.6) is 5.88 Å². The number of pyridine rings is 1. The van der Waals surface area contributed by atoms with Crippen molar-refractivity contribution in [3.63, 3.8) is 0 Å². The lowest BCUT2D eigenvalue weighted by Gasteiger charge is -2.15. The molecule has 1 unspecified atom stereocenters. The first-order valence-corrected chi connectivity index (χ1v) is 7.22. The van der Waals surface area contributed by atoms with Crippen LogP contribution >= 0.6 is 15.9 Å². The van der Waals surface area contributed by atoms with E-state index in [2.05, 4.69) is 34.8 Å². The van der Waals surface area contributed by atoms with E-state index in [0.29, 0.717) is 5.92 Å². The molecule has 0 fully saturated rings. The van der Waals surface area contributed by atoms with Crippen molar-refractivity contribution >= 4 is 15.9 Å². The first kappa shape index (κ1) is 14.5. The summed E-state index contributed by atoms with van der Waals surface area (Å²) in [5, 5.41) is 0. The largest absolute Gasteiger partial charge is 0.477 e. The van der Waals surface area contributed by atoms with Gasteiger partial charge < -0.3 is 4.74 Å². The number of rotatable bonds is 7. The van der Waals surface area contributed by atoms with Gasteiger partial charge in [0.15, 0.2) is 0 Å². The molecule has 0 bridgehead atoms. The van der Waals surface area contributed by atoms with Crippen LogP contribution in [0.1, 0.15) is 45.2 Å². The molecule has 0 amide bonds. The highest BCUT2D eigenvalue weighted by atomic mass is 79.9. The summed E-state index contributed by atoms with van der Waals surface area (Å²) in [5.74, 6) is 1.39. The van der Waals surface area contributed by atoms with Crippen LogP contribution in [-0.4, -0.2) is 11.6 Å². The minimum Gasteiger partial charge on any atom is -0.477 e.